The summed E-state index contributed by atoms with van der Waals surface area (Å²) < 4.78 is 25.8. The van der Waals surface area contributed by atoms with Crippen LogP contribution in [0.5, 0.6) is 0 Å². The summed E-state index contributed by atoms with van der Waals surface area (Å²) in [5.74, 6) is -0.501. The number of hydrogen-bond donors (Lipinski definition) is 0. The van der Waals surface area contributed by atoms with E-state index >= 15 is 0 Å². The van der Waals surface area contributed by atoms with Crippen LogP contribution < -0.4 is 0 Å². The Balaban J connectivity index is 2.51. The number of aromatic nitrogens is 2. The summed E-state index contributed by atoms with van der Waals surface area (Å²) in [4.78, 5) is 17.5. The third-order valence-electron chi connectivity index (χ3n) is 3.46. The molecule has 0 spiro atoms. The molecule has 0 fully saturated rings. The van der Waals surface area contributed by atoms with E-state index in [-0.39, 0.29) is 22.4 Å². The topological polar surface area (TPSA) is 72.3 Å². The lowest BCUT2D eigenvalue weighted by Crippen LogP contribution is -2.31. The Kier molecular flexibility index (Phi) is 3.56. The van der Waals surface area contributed by atoms with Crippen LogP contribution in [0.15, 0.2) is 35.3 Å². The van der Waals surface area contributed by atoms with Gasteiger partial charge in [-0.05, 0) is 19.4 Å². The van der Waals surface area contributed by atoms with Crippen molar-refractivity contribution in [3.05, 3.63) is 30.1 Å². The van der Waals surface area contributed by atoms with Crippen LogP contribution in [0.1, 0.15) is 13.8 Å². The Hall–Kier alpha value is -1.89. The van der Waals surface area contributed by atoms with Gasteiger partial charge in [-0.25, -0.2) is 13.4 Å². The molecule has 1 amide bonds. The zero-order chi connectivity index (χ0) is 15.1. The highest BCUT2D eigenvalue weighted by molar-refractivity contribution is 7.91. The summed E-state index contributed by atoms with van der Waals surface area (Å²) in [6.45, 7) is 7.92. The Bertz CT molecular complexity index is 713. The molecule has 1 aliphatic rings. The van der Waals surface area contributed by atoms with E-state index < -0.39 is 9.84 Å². The van der Waals surface area contributed by atoms with E-state index in [0.29, 0.717) is 17.8 Å². The fraction of sp³-hybridized carbons (Fsp3) is 0.385. The number of allylic oxidation sites excluding steroid dienone is 1. The van der Waals surface area contributed by atoms with Crippen molar-refractivity contribution in [2.75, 3.05) is 19.3 Å². The van der Waals surface area contributed by atoms with Crippen molar-refractivity contribution in [3.63, 3.8) is 0 Å². The number of amides is 1. The molecule has 108 valence electrons. The molecule has 0 radical (unpaired) electrons. The summed E-state index contributed by atoms with van der Waals surface area (Å²) in [5, 5.41) is 0.0165. The van der Waals surface area contributed by atoms with Gasteiger partial charge in [-0.1, -0.05) is 6.58 Å². The molecule has 20 heavy (non-hydrogen) atoms. The van der Waals surface area contributed by atoms with Gasteiger partial charge < -0.3 is 4.90 Å². The molecule has 0 unspecified atom stereocenters. The lowest BCUT2D eigenvalue weighted by Gasteiger charge is -2.23. The molecule has 0 atom stereocenters. The molecule has 0 saturated heterocycles. The number of likely N-dealkylation sites (N-methyl/N-ethyl adjacent to an activating group) is 1. The van der Waals surface area contributed by atoms with Crippen LogP contribution in [0.2, 0.25) is 0 Å². The molecule has 1 aromatic rings. The highest BCUT2D eigenvalue weighted by atomic mass is 32.2. The predicted octanol–water partition coefficient (Wildman–Crippen LogP) is 0.936. The van der Waals surface area contributed by atoms with E-state index in [1.54, 1.807) is 20.2 Å². The van der Waals surface area contributed by atoms with Crippen molar-refractivity contribution in [2.45, 2.75) is 19.0 Å². The average Bonchev–Trinajstić information content (AvgIpc) is 2.91. The maximum atomic E-state index is 12.2. The summed E-state index contributed by atoms with van der Waals surface area (Å²) >= 11 is 0. The van der Waals surface area contributed by atoms with Crippen molar-refractivity contribution in [1.82, 2.24) is 14.5 Å². The average molecular weight is 295 g/mol. The standard InChI is InChI=1S/C13H17N3O3S/c1-5-15(4)12(17)9(2)11-8-20(18,19)13-14-6-7-16(13)10(11)3/h6-7H,2,5,8H2,1,3-4H3. The number of nitrogens with zero attached hydrogens (tertiary/aromatic N) is 3. The first-order valence-corrected chi connectivity index (χ1v) is 7.85. The Morgan fingerprint density at radius 2 is 2.20 bits per heavy atom. The Labute approximate surface area is 118 Å². The maximum absolute atomic E-state index is 12.2. The maximum Gasteiger partial charge on any atom is 0.253 e. The first-order chi connectivity index (χ1) is 9.29. The third kappa shape index (κ3) is 2.18. The minimum Gasteiger partial charge on any atom is -0.342 e. The van der Waals surface area contributed by atoms with Crippen LogP contribution >= 0.6 is 0 Å². The molecule has 1 aromatic heterocycles. The molecule has 0 N–H and O–H groups in total. The van der Waals surface area contributed by atoms with Crippen molar-refractivity contribution < 1.29 is 13.2 Å². The molecular weight excluding hydrogens is 278 g/mol. The summed E-state index contributed by atoms with van der Waals surface area (Å²) in [6.07, 6.45) is 3.00. The van der Waals surface area contributed by atoms with Gasteiger partial charge in [-0.3, -0.25) is 9.36 Å². The monoisotopic (exact) mass is 295 g/mol. The minimum atomic E-state index is -3.53. The highest BCUT2D eigenvalue weighted by Gasteiger charge is 2.32. The molecule has 7 heteroatoms. The highest BCUT2D eigenvalue weighted by Crippen LogP contribution is 2.29. The van der Waals surface area contributed by atoms with Crippen LogP contribution in [-0.2, 0) is 14.6 Å². The van der Waals surface area contributed by atoms with Gasteiger partial charge in [0.25, 0.3) is 5.91 Å². The van der Waals surface area contributed by atoms with E-state index in [2.05, 4.69) is 11.6 Å². The number of imidazole rings is 1. The van der Waals surface area contributed by atoms with Gasteiger partial charge in [0, 0.05) is 37.3 Å². The van der Waals surface area contributed by atoms with Gasteiger partial charge in [-0.2, -0.15) is 0 Å². The number of hydrogen-bond acceptors (Lipinski definition) is 4. The van der Waals surface area contributed by atoms with E-state index in [9.17, 15) is 13.2 Å². The van der Waals surface area contributed by atoms with Crippen LogP contribution in [0, 0.1) is 0 Å². The van der Waals surface area contributed by atoms with E-state index in [4.69, 9.17) is 0 Å². The van der Waals surface area contributed by atoms with E-state index in [1.807, 2.05) is 6.92 Å². The van der Waals surface area contributed by atoms with Gasteiger partial charge in [0.15, 0.2) is 0 Å². The van der Waals surface area contributed by atoms with Crippen LogP contribution in [-0.4, -0.2) is 48.1 Å². The number of carbonyl (C=O) groups excluding carboxylic acids is 1. The second-order valence-electron chi connectivity index (χ2n) is 4.70. The van der Waals surface area contributed by atoms with Gasteiger partial charge >= 0.3 is 0 Å². The Morgan fingerprint density at radius 1 is 1.55 bits per heavy atom. The van der Waals surface area contributed by atoms with Crippen molar-refractivity contribution in [3.8, 4) is 0 Å². The molecule has 0 aromatic carbocycles. The summed E-state index contributed by atoms with van der Waals surface area (Å²) in [7, 11) is -1.87. The third-order valence-corrected chi connectivity index (χ3v) is 4.99. The molecule has 6 nitrogen and oxygen atoms in total. The molecule has 0 saturated carbocycles. The predicted molar refractivity (Wildman–Crippen MR) is 75.6 cm³/mol. The minimum absolute atomic E-state index is 0.0165. The number of carbonyl (C=O) groups is 1. The number of fused-ring (bicyclic) bond motifs is 1. The van der Waals surface area contributed by atoms with Crippen molar-refractivity contribution >= 4 is 21.4 Å². The molecule has 2 rings (SSSR count). The first-order valence-electron chi connectivity index (χ1n) is 6.20. The molecule has 2 heterocycles. The van der Waals surface area contributed by atoms with Gasteiger partial charge in [-0.15, -0.1) is 0 Å². The van der Waals surface area contributed by atoms with Gasteiger partial charge in [0.05, 0.1) is 5.75 Å². The first kappa shape index (κ1) is 14.5. The normalized spacial score (nSPS) is 16.8. The van der Waals surface area contributed by atoms with Crippen LogP contribution in [0.3, 0.4) is 0 Å². The molecule has 0 bridgehead atoms. The second-order valence-corrected chi connectivity index (χ2v) is 6.58. The second kappa shape index (κ2) is 4.90. The van der Waals surface area contributed by atoms with Crippen LogP contribution in [0.25, 0.3) is 5.70 Å². The van der Waals surface area contributed by atoms with Crippen molar-refractivity contribution in [1.29, 1.82) is 0 Å². The van der Waals surface area contributed by atoms with E-state index in [0.717, 1.165) is 0 Å². The quantitative estimate of drug-likeness (QED) is 0.778. The largest absolute Gasteiger partial charge is 0.342 e. The summed E-state index contributed by atoms with van der Waals surface area (Å²) in [5.41, 5.74) is 1.34. The molecule has 1 aliphatic heterocycles. The SMILES string of the molecule is C=C(C(=O)N(C)CC)C1=C(C)n2ccnc2S(=O)(=O)C1. The molecular formula is C13H17N3O3S. The zero-order valence-electron chi connectivity index (χ0n) is 11.8. The van der Waals surface area contributed by atoms with Gasteiger partial charge in [0.2, 0.25) is 15.0 Å². The fourth-order valence-electron chi connectivity index (χ4n) is 2.09. The van der Waals surface area contributed by atoms with Crippen molar-refractivity contribution in [2.24, 2.45) is 0 Å². The number of sulfone groups is 1. The number of rotatable bonds is 3. The fourth-order valence-corrected chi connectivity index (χ4v) is 3.70. The lowest BCUT2D eigenvalue weighted by atomic mass is 10.1. The summed E-state index contributed by atoms with van der Waals surface area (Å²) in [6, 6.07) is 0. The smallest absolute Gasteiger partial charge is 0.253 e. The molecule has 0 aliphatic carbocycles. The lowest BCUT2D eigenvalue weighted by molar-refractivity contribution is -0.125. The van der Waals surface area contributed by atoms with Crippen LogP contribution in [0.4, 0.5) is 0 Å². The Morgan fingerprint density at radius 3 is 2.80 bits per heavy atom. The van der Waals surface area contributed by atoms with E-state index in [1.165, 1.54) is 15.7 Å². The zero-order valence-corrected chi connectivity index (χ0v) is 12.6. The van der Waals surface area contributed by atoms with Gasteiger partial charge in [0.1, 0.15) is 0 Å².